The molecule has 0 bridgehead atoms. The van der Waals surface area contributed by atoms with Crippen molar-refractivity contribution in [3.63, 3.8) is 0 Å². The first-order valence-electron chi connectivity index (χ1n) is 6.31. The van der Waals surface area contributed by atoms with Gasteiger partial charge in [0.2, 0.25) is 11.0 Å². The van der Waals surface area contributed by atoms with Crippen LogP contribution in [0.5, 0.6) is 0 Å². The Kier molecular flexibility index (Phi) is 3.49. The normalized spacial score (nSPS) is 10.7. The lowest BCUT2D eigenvalue weighted by atomic mass is 10.2. The van der Waals surface area contributed by atoms with Crippen molar-refractivity contribution in [3.05, 3.63) is 51.9 Å². The molecular formula is C14H12N4O2S. The van der Waals surface area contributed by atoms with Crippen molar-refractivity contribution in [2.24, 2.45) is 0 Å². The minimum atomic E-state index is -0.302. The van der Waals surface area contributed by atoms with E-state index in [0.29, 0.717) is 10.5 Å². The molecule has 0 aliphatic heterocycles. The molecule has 0 aliphatic carbocycles. The van der Waals surface area contributed by atoms with Gasteiger partial charge in [0.1, 0.15) is 11.6 Å². The van der Waals surface area contributed by atoms with Crippen molar-refractivity contribution in [1.29, 1.82) is 0 Å². The maximum Gasteiger partial charge on any atom is 0.258 e. The van der Waals surface area contributed by atoms with Gasteiger partial charge in [0.15, 0.2) is 0 Å². The maximum atomic E-state index is 12.3. The zero-order chi connectivity index (χ0) is 14.8. The second kappa shape index (κ2) is 5.45. The van der Waals surface area contributed by atoms with E-state index in [1.807, 2.05) is 18.2 Å². The molecule has 2 heterocycles. The summed E-state index contributed by atoms with van der Waals surface area (Å²) < 4.78 is 1.38. The molecule has 0 fully saturated rings. The van der Waals surface area contributed by atoms with Crippen molar-refractivity contribution in [2.75, 3.05) is 5.32 Å². The Balaban J connectivity index is 1.83. The zero-order valence-electron chi connectivity index (χ0n) is 11.2. The minimum absolute atomic E-state index is 0.0533. The van der Waals surface area contributed by atoms with Gasteiger partial charge in [-0.2, -0.15) is 0 Å². The van der Waals surface area contributed by atoms with Crippen molar-refractivity contribution in [3.8, 4) is 0 Å². The highest BCUT2D eigenvalue weighted by Gasteiger charge is 2.09. The molecule has 0 saturated carbocycles. The van der Waals surface area contributed by atoms with Crippen molar-refractivity contribution in [2.45, 2.75) is 13.5 Å². The lowest BCUT2D eigenvalue weighted by Crippen LogP contribution is -2.27. The summed E-state index contributed by atoms with van der Waals surface area (Å²) in [5.74, 6) is -0.302. The average Bonchev–Trinajstić information content (AvgIpc) is 2.87. The second-order valence-corrected chi connectivity index (χ2v) is 5.69. The first kappa shape index (κ1) is 13.4. The molecule has 21 heavy (non-hydrogen) atoms. The van der Waals surface area contributed by atoms with E-state index in [4.69, 9.17) is 0 Å². The summed E-state index contributed by atoms with van der Waals surface area (Å²) in [4.78, 5) is 24.2. The molecule has 0 unspecified atom stereocenters. The van der Waals surface area contributed by atoms with Crippen LogP contribution in [0, 0.1) is 6.92 Å². The minimum Gasteiger partial charge on any atom is -0.306 e. The molecule has 1 amide bonds. The van der Waals surface area contributed by atoms with E-state index in [1.54, 1.807) is 25.3 Å². The van der Waals surface area contributed by atoms with E-state index >= 15 is 0 Å². The number of hydrogen-bond acceptors (Lipinski definition) is 5. The van der Waals surface area contributed by atoms with Crippen LogP contribution in [-0.4, -0.2) is 20.7 Å². The topological polar surface area (TPSA) is 76.9 Å². The summed E-state index contributed by atoms with van der Waals surface area (Å²) in [5.41, 5.74) is -0.184. The van der Waals surface area contributed by atoms with Gasteiger partial charge in [-0.15, -0.1) is 10.2 Å². The molecule has 0 aliphatic rings. The van der Waals surface area contributed by atoms with Crippen LogP contribution in [0.4, 0.5) is 5.13 Å². The highest BCUT2D eigenvalue weighted by molar-refractivity contribution is 7.15. The Hall–Kier alpha value is -2.54. The van der Waals surface area contributed by atoms with Gasteiger partial charge >= 0.3 is 0 Å². The van der Waals surface area contributed by atoms with E-state index in [0.717, 1.165) is 10.4 Å². The lowest BCUT2D eigenvalue weighted by Gasteiger charge is -2.06. The van der Waals surface area contributed by atoms with Crippen LogP contribution in [0.25, 0.3) is 10.8 Å². The van der Waals surface area contributed by atoms with Crippen LogP contribution >= 0.6 is 11.3 Å². The van der Waals surface area contributed by atoms with E-state index in [-0.39, 0.29) is 18.0 Å². The molecule has 7 heteroatoms. The number of rotatable bonds is 3. The third-order valence-electron chi connectivity index (χ3n) is 2.97. The number of amides is 1. The number of carbonyl (C=O) groups excluding carboxylic acids is 1. The van der Waals surface area contributed by atoms with Gasteiger partial charge in [0, 0.05) is 11.6 Å². The van der Waals surface area contributed by atoms with E-state index < -0.39 is 0 Å². The Labute approximate surface area is 124 Å². The number of benzene rings is 1. The number of nitrogens with zero attached hydrogens (tertiary/aromatic N) is 3. The summed E-state index contributed by atoms with van der Waals surface area (Å²) in [7, 11) is 0. The Morgan fingerprint density at radius 3 is 2.86 bits per heavy atom. The summed E-state index contributed by atoms with van der Waals surface area (Å²) in [6, 6.07) is 9.11. The number of carbonyl (C=O) groups is 1. The van der Waals surface area contributed by atoms with Gasteiger partial charge in [-0.1, -0.05) is 29.5 Å². The summed E-state index contributed by atoms with van der Waals surface area (Å²) >= 11 is 1.29. The predicted molar refractivity (Wildman–Crippen MR) is 81.5 cm³/mol. The van der Waals surface area contributed by atoms with Gasteiger partial charge in [0.05, 0.1) is 0 Å². The third-order valence-corrected chi connectivity index (χ3v) is 3.73. The largest absolute Gasteiger partial charge is 0.306 e. The van der Waals surface area contributed by atoms with Gasteiger partial charge in [-0.05, 0) is 24.4 Å². The van der Waals surface area contributed by atoms with E-state index in [2.05, 4.69) is 15.5 Å². The van der Waals surface area contributed by atoms with Crippen molar-refractivity contribution < 1.29 is 4.79 Å². The maximum absolute atomic E-state index is 12.3. The van der Waals surface area contributed by atoms with Gasteiger partial charge in [-0.25, -0.2) is 0 Å². The fourth-order valence-electron chi connectivity index (χ4n) is 2.01. The van der Waals surface area contributed by atoms with Crippen molar-refractivity contribution >= 4 is 33.1 Å². The molecule has 1 aromatic carbocycles. The van der Waals surface area contributed by atoms with Gasteiger partial charge in [-0.3, -0.25) is 14.9 Å². The lowest BCUT2D eigenvalue weighted by molar-refractivity contribution is -0.116. The number of aromatic nitrogens is 3. The molecule has 106 valence electrons. The first-order valence-corrected chi connectivity index (χ1v) is 7.13. The van der Waals surface area contributed by atoms with Crippen LogP contribution < -0.4 is 10.9 Å². The number of nitrogens with one attached hydrogen (secondary N) is 1. The predicted octanol–water partition coefficient (Wildman–Crippen LogP) is 1.80. The Morgan fingerprint density at radius 2 is 2.10 bits per heavy atom. The van der Waals surface area contributed by atoms with E-state index in [9.17, 15) is 9.59 Å². The molecule has 2 aromatic heterocycles. The summed E-state index contributed by atoms with van der Waals surface area (Å²) in [6.07, 6.45) is 1.62. The van der Waals surface area contributed by atoms with Crippen LogP contribution in [-0.2, 0) is 11.3 Å². The number of anilines is 1. The highest BCUT2D eigenvalue weighted by atomic mass is 32.1. The standard InChI is InChI=1S/C14H12N4O2S/c1-9-16-17-14(21-9)15-12(19)8-18-7-6-10-4-2-3-5-11(10)13(18)20/h2-7H,8H2,1H3,(H,15,17,19). The molecule has 6 nitrogen and oxygen atoms in total. The quantitative estimate of drug-likeness (QED) is 0.800. The summed E-state index contributed by atoms with van der Waals surface area (Å²) in [5, 5.41) is 12.9. The van der Waals surface area contributed by atoms with Crippen LogP contribution in [0.15, 0.2) is 41.3 Å². The molecule has 0 spiro atoms. The number of pyridine rings is 1. The molecule has 1 N–H and O–H groups in total. The number of fused-ring (bicyclic) bond motifs is 1. The zero-order valence-corrected chi connectivity index (χ0v) is 12.1. The SMILES string of the molecule is Cc1nnc(NC(=O)Cn2ccc3ccccc3c2=O)s1. The Morgan fingerprint density at radius 1 is 1.29 bits per heavy atom. The molecular weight excluding hydrogens is 288 g/mol. The summed E-state index contributed by atoms with van der Waals surface area (Å²) in [6.45, 7) is 1.75. The van der Waals surface area contributed by atoms with Crippen LogP contribution in [0.1, 0.15) is 5.01 Å². The smallest absolute Gasteiger partial charge is 0.258 e. The monoisotopic (exact) mass is 300 g/mol. The fourth-order valence-corrected chi connectivity index (χ4v) is 2.62. The molecule has 0 radical (unpaired) electrons. The molecule has 0 saturated heterocycles. The molecule has 0 atom stereocenters. The first-order chi connectivity index (χ1) is 10.1. The van der Waals surface area contributed by atoms with Crippen molar-refractivity contribution in [1.82, 2.24) is 14.8 Å². The molecule has 3 aromatic rings. The molecule has 3 rings (SSSR count). The van der Waals surface area contributed by atoms with Crippen LogP contribution in [0.2, 0.25) is 0 Å². The number of hydrogen-bond donors (Lipinski definition) is 1. The van der Waals surface area contributed by atoms with E-state index in [1.165, 1.54) is 15.9 Å². The second-order valence-electron chi connectivity index (χ2n) is 4.51. The average molecular weight is 300 g/mol. The van der Waals surface area contributed by atoms with Gasteiger partial charge < -0.3 is 4.57 Å². The van der Waals surface area contributed by atoms with Crippen LogP contribution in [0.3, 0.4) is 0 Å². The number of aryl methyl sites for hydroxylation is 1. The van der Waals surface area contributed by atoms with Gasteiger partial charge in [0.25, 0.3) is 5.56 Å². The Bertz CT molecular complexity index is 869. The third kappa shape index (κ3) is 2.82. The highest BCUT2D eigenvalue weighted by Crippen LogP contribution is 2.13. The fraction of sp³-hybridized carbons (Fsp3) is 0.143.